The minimum atomic E-state index is -0.694. The zero-order chi connectivity index (χ0) is 14.5. The molecule has 0 unspecified atom stereocenters. The Bertz CT molecular complexity index is 437. The Balaban J connectivity index is 2.57. The number of ether oxygens (including phenoxy) is 1. The van der Waals surface area contributed by atoms with Gasteiger partial charge in [-0.2, -0.15) is 0 Å². The van der Waals surface area contributed by atoms with Crippen LogP contribution in [0.3, 0.4) is 0 Å². The molecular weight excluding hydrogens is 249 g/mol. The number of alkyl carbamates (subject to hydrolysis) is 1. The lowest BCUT2D eigenvalue weighted by Gasteiger charge is -2.21. The molecule has 0 bridgehead atoms. The highest BCUT2D eigenvalue weighted by Gasteiger charge is 2.19. The number of carbonyl (C=O) groups excluding carboxylic acids is 2. The number of amides is 1. The molecule has 0 aliphatic rings. The van der Waals surface area contributed by atoms with Gasteiger partial charge in [0.2, 0.25) is 0 Å². The van der Waals surface area contributed by atoms with E-state index < -0.39 is 17.7 Å². The lowest BCUT2D eigenvalue weighted by atomic mass is 10.1. The molecule has 0 aliphatic heterocycles. The number of carbonyl (C=O) groups is 2. The van der Waals surface area contributed by atoms with Gasteiger partial charge in [0, 0.05) is 0 Å². The van der Waals surface area contributed by atoms with E-state index in [4.69, 9.17) is 4.74 Å². The van der Waals surface area contributed by atoms with E-state index in [1.165, 1.54) is 12.1 Å². The molecule has 0 aliphatic carbocycles. The summed E-state index contributed by atoms with van der Waals surface area (Å²) in [4.78, 5) is 22.5. The van der Waals surface area contributed by atoms with E-state index in [0.29, 0.717) is 12.7 Å². The summed E-state index contributed by atoms with van der Waals surface area (Å²) in [7, 11) is 0. The maximum Gasteiger partial charge on any atom is 0.408 e. The quantitative estimate of drug-likeness (QED) is 0.852. The number of benzene rings is 1. The highest BCUT2D eigenvalue weighted by Crippen LogP contribution is 2.08. The van der Waals surface area contributed by atoms with Crippen molar-refractivity contribution in [1.29, 1.82) is 0 Å². The van der Waals surface area contributed by atoms with Crippen molar-refractivity contribution in [1.82, 2.24) is 5.32 Å². The summed E-state index contributed by atoms with van der Waals surface area (Å²) in [5, 5.41) is 2.46. The van der Waals surface area contributed by atoms with Crippen molar-refractivity contribution in [3.8, 4) is 0 Å². The Morgan fingerprint density at radius 3 is 2.42 bits per heavy atom. The van der Waals surface area contributed by atoms with Gasteiger partial charge in [0.25, 0.3) is 0 Å². The lowest BCUT2D eigenvalue weighted by Crippen LogP contribution is -2.41. The van der Waals surface area contributed by atoms with Gasteiger partial charge >= 0.3 is 6.09 Å². The van der Waals surface area contributed by atoms with E-state index >= 15 is 0 Å². The van der Waals surface area contributed by atoms with Crippen LogP contribution in [0.2, 0.25) is 0 Å². The summed E-state index contributed by atoms with van der Waals surface area (Å²) in [6, 6.07) is 5.07. The van der Waals surface area contributed by atoms with Crippen LogP contribution in [0.5, 0.6) is 0 Å². The zero-order valence-electron chi connectivity index (χ0n) is 11.3. The van der Waals surface area contributed by atoms with Crippen molar-refractivity contribution in [2.45, 2.75) is 38.8 Å². The summed E-state index contributed by atoms with van der Waals surface area (Å²) in [6.07, 6.45) is 0.280. The SMILES string of the molecule is CC(C)(C)OC(=O)N[C@H](C=O)Cc1ccc(F)cc1. The molecule has 1 N–H and O–H groups in total. The van der Waals surface area contributed by atoms with Crippen molar-refractivity contribution in [2.75, 3.05) is 0 Å². The predicted molar refractivity (Wildman–Crippen MR) is 69.3 cm³/mol. The van der Waals surface area contributed by atoms with E-state index in [1.54, 1.807) is 32.9 Å². The number of hydrogen-bond donors (Lipinski definition) is 1. The molecule has 0 saturated carbocycles. The first-order chi connectivity index (χ1) is 8.80. The average molecular weight is 267 g/mol. The number of hydrogen-bond acceptors (Lipinski definition) is 3. The maximum atomic E-state index is 12.7. The molecule has 0 saturated heterocycles. The molecule has 1 rings (SSSR count). The van der Waals surface area contributed by atoms with Crippen LogP contribution in [0.15, 0.2) is 24.3 Å². The molecule has 4 nitrogen and oxygen atoms in total. The Labute approximate surface area is 112 Å². The third-order valence-corrected chi connectivity index (χ3v) is 2.24. The van der Waals surface area contributed by atoms with Gasteiger partial charge in [-0.1, -0.05) is 12.1 Å². The van der Waals surface area contributed by atoms with Crippen LogP contribution in [0.25, 0.3) is 0 Å². The van der Waals surface area contributed by atoms with Gasteiger partial charge in [0.15, 0.2) is 0 Å². The number of rotatable bonds is 4. The average Bonchev–Trinajstić information content (AvgIpc) is 2.28. The molecule has 1 aromatic carbocycles. The molecule has 1 amide bonds. The fourth-order valence-electron chi connectivity index (χ4n) is 1.47. The van der Waals surface area contributed by atoms with Crippen LogP contribution >= 0.6 is 0 Å². The molecule has 104 valence electrons. The van der Waals surface area contributed by atoms with Gasteiger partial charge < -0.3 is 14.8 Å². The third kappa shape index (κ3) is 5.99. The van der Waals surface area contributed by atoms with Crippen molar-refractivity contribution in [3.63, 3.8) is 0 Å². The largest absolute Gasteiger partial charge is 0.444 e. The van der Waals surface area contributed by atoms with Crippen LogP contribution in [0, 0.1) is 5.82 Å². The second-order valence-electron chi connectivity index (χ2n) is 5.22. The van der Waals surface area contributed by atoms with Crippen LogP contribution in [0.1, 0.15) is 26.3 Å². The van der Waals surface area contributed by atoms with Crippen LogP contribution in [-0.4, -0.2) is 24.0 Å². The van der Waals surface area contributed by atoms with Crippen LogP contribution in [-0.2, 0) is 16.0 Å². The van der Waals surface area contributed by atoms with Crippen LogP contribution in [0.4, 0.5) is 9.18 Å². The van der Waals surface area contributed by atoms with E-state index in [0.717, 1.165) is 5.56 Å². The van der Waals surface area contributed by atoms with Gasteiger partial charge in [-0.15, -0.1) is 0 Å². The lowest BCUT2D eigenvalue weighted by molar-refractivity contribution is -0.109. The molecule has 0 radical (unpaired) electrons. The topological polar surface area (TPSA) is 55.4 Å². The first-order valence-corrected chi connectivity index (χ1v) is 5.99. The van der Waals surface area contributed by atoms with E-state index in [2.05, 4.69) is 5.32 Å². The molecule has 0 fully saturated rings. The standard InChI is InChI=1S/C14H18FNO3/c1-14(2,3)19-13(18)16-12(9-17)8-10-4-6-11(15)7-5-10/h4-7,9,12H,8H2,1-3H3,(H,16,18)/t12-/m0/s1. The molecule has 1 atom stereocenters. The molecule has 19 heavy (non-hydrogen) atoms. The number of aldehydes is 1. The number of nitrogens with one attached hydrogen (secondary N) is 1. The Morgan fingerprint density at radius 2 is 1.95 bits per heavy atom. The molecular formula is C14H18FNO3. The van der Waals surface area contributed by atoms with Crippen LogP contribution < -0.4 is 5.32 Å². The minimum Gasteiger partial charge on any atom is -0.444 e. The van der Waals surface area contributed by atoms with E-state index in [1.807, 2.05) is 0 Å². The highest BCUT2D eigenvalue weighted by atomic mass is 19.1. The van der Waals surface area contributed by atoms with Gasteiger partial charge in [-0.3, -0.25) is 0 Å². The maximum absolute atomic E-state index is 12.7. The Hall–Kier alpha value is -1.91. The van der Waals surface area contributed by atoms with Gasteiger partial charge in [0.05, 0.1) is 6.04 Å². The first kappa shape index (κ1) is 15.1. The Morgan fingerprint density at radius 1 is 1.37 bits per heavy atom. The normalized spacial score (nSPS) is 12.6. The highest BCUT2D eigenvalue weighted by molar-refractivity contribution is 5.73. The van der Waals surface area contributed by atoms with Crippen molar-refractivity contribution < 1.29 is 18.7 Å². The molecule has 5 heteroatoms. The molecule has 0 spiro atoms. The zero-order valence-corrected chi connectivity index (χ0v) is 11.3. The smallest absolute Gasteiger partial charge is 0.408 e. The molecule has 0 heterocycles. The monoisotopic (exact) mass is 267 g/mol. The fourth-order valence-corrected chi connectivity index (χ4v) is 1.47. The van der Waals surface area contributed by atoms with Gasteiger partial charge in [0.1, 0.15) is 17.7 Å². The predicted octanol–water partition coefficient (Wildman–Crippen LogP) is 2.46. The van der Waals surface area contributed by atoms with E-state index in [9.17, 15) is 14.0 Å². The third-order valence-electron chi connectivity index (χ3n) is 2.24. The number of halogens is 1. The van der Waals surface area contributed by atoms with Gasteiger partial charge in [-0.25, -0.2) is 9.18 Å². The second kappa shape index (κ2) is 6.31. The minimum absolute atomic E-state index is 0.295. The summed E-state index contributed by atoms with van der Waals surface area (Å²) < 4.78 is 17.8. The van der Waals surface area contributed by atoms with Gasteiger partial charge in [-0.05, 0) is 44.9 Å². The Kier molecular flexibility index (Phi) is 5.03. The van der Waals surface area contributed by atoms with Crippen molar-refractivity contribution in [2.24, 2.45) is 0 Å². The van der Waals surface area contributed by atoms with Crippen molar-refractivity contribution in [3.05, 3.63) is 35.6 Å². The van der Waals surface area contributed by atoms with Crippen molar-refractivity contribution >= 4 is 12.4 Å². The molecule has 1 aromatic rings. The first-order valence-electron chi connectivity index (χ1n) is 5.99. The summed E-state index contributed by atoms with van der Waals surface area (Å²) >= 11 is 0. The fraction of sp³-hybridized carbons (Fsp3) is 0.429. The van der Waals surface area contributed by atoms with E-state index in [-0.39, 0.29) is 5.82 Å². The second-order valence-corrected chi connectivity index (χ2v) is 5.22. The summed E-state index contributed by atoms with van der Waals surface area (Å²) in [5.41, 5.74) is 0.141. The molecule has 0 aromatic heterocycles. The summed E-state index contributed by atoms with van der Waals surface area (Å²) in [5.74, 6) is -0.341. The summed E-state index contributed by atoms with van der Waals surface area (Å²) in [6.45, 7) is 5.22.